The number of nitrogens with zero attached hydrogens (tertiary/aromatic N) is 4. The number of hydrogen-bond acceptors (Lipinski definition) is 8. The lowest BCUT2D eigenvalue weighted by atomic mass is 9.86. The van der Waals surface area contributed by atoms with E-state index in [1.165, 1.54) is 37.8 Å². The topological polar surface area (TPSA) is 111 Å². The largest absolute Gasteiger partial charge is 0.381 e. The second-order valence-electron chi connectivity index (χ2n) is 15.7. The molecule has 4 fully saturated rings. The molecule has 0 radical (unpaired) electrons. The van der Waals surface area contributed by atoms with Gasteiger partial charge in [-0.25, -0.2) is 0 Å². The number of halogens is 2. The minimum absolute atomic E-state index is 0.337. The van der Waals surface area contributed by atoms with Crippen LogP contribution in [0.25, 0.3) is 0 Å². The molecule has 12 heteroatoms. The molecule has 0 unspecified atom stereocenters. The molecule has 2 aromatic carbocycles. The molecule has 2 aliphatic carbocycles. The van der Waals surface area contributed by atoms with E-state index in [0.717, 1.165) is 88.7 Å². The van der Waals surface area contributed by atoms with Crippen molar-refractivity contribution < 1.29 is 28.1 Å². The molecule has 2 aliphatic heterocycles. The second-order valence-corrected chi connectivity index (χ2v) is 15.7. The molecule has 0 bridgehead atoms. The predicted octanol–water partition coefficient (Wildman–Crippen LogP) is 8.51. The summed E-state index contributed by atoms with van der Waals surface area (Å²) in [7, 11) is 3.59. The Balaban J connectivity index is 0.000000201. The normalized spacial score (nSPS) is 25.3. The second kappa shape index (κ2) is 18.8. The van der Waals surface area contributed by atoms with Crippen molar-refractivity contribution in [2.75, 3.05) is 40.4 Å². The van der Waals surface area contributed by atoms with Gasteiger partial charge in [0.25, 0.3) is 0 Å². The molecule has 0 amide bonds. The van der Waals surface area contributed by atoms with Gasteiger partial charge in [0.2, 0.25) is 11.6 Å². The maximum absolute atomic E-state index is 14.0. The molecule has 2 saturated carbocycles. The van der Waals surface area contributed by atoms with Gasteiger partial charge in [-0.05, 0) is 177 Å². The summed E-state index contributed by atoms with van der Waals surface area (Å²) >= 11 is 0. The summed E-state index contributed by atoms with van der Waals surface area (Å²) in [5.74, 6) is -0.641. The molecular formula is C40H58F2N4O6. The molecule has 0 aromatic heterocycles. The molecule has 0 spiro atoms. The average Bonchev–Trinajstić information content (AvgIpc) is 3.12. The first-order chi connectivity index (χ1) is 24.9. The number of piperidine rings is 2. The van der Waals surface area contributed by atoms with Crippen LogP contribution in [0.3, 0.4) is 0 Å². The minimum Gasteiger partial charge on any atom is -0.381 e. The Hall–Kier alpha value is -3.06. The van der Waals surface area contributed by atoms with Crippen LogP contribution in [0, 0.1) is 57.5 Å². The van der Waals surface area contributed by atoms with E-state index in [1.54, 1.807) is 40.2 Å². The molecule has 10 nitrogen and oxygen atoms in total. The summed E-state index contributed by atoms with van der Waals surface area (Å²) in [4.78, 5) is 26.5. The highest BCUT2D eigenvalue weighted by molar-refractivity contribution is 5.45. The minimum atomic E-state index is -0.711. The van der Waals surface area contributed by atoms with Crippen LogP contribution in [0.5, 0.6) is 0 Å². The number of ether oxygens (including phenoxy) is 2. The fourth-order valence-corrected chi connectivity index (χ4v) is 9.29. The van der Waals surface area contributed by atoms with E-state index in [1.807, 2.05) is 0 Å². The lowest BCUT2D eigenvalue weighted by Gasteiger charge is -2.40. The number of benzene rings is 2. The van der Waals surface area contributed by atoms with Gasteiger partial charge >= 0.3 is 11.4 Å². The van der Waals surface area contributed by atoms with Crippen LogP contribution < -0.4 is 0 Å². The fourth-order valence-electron chi connectivity index (χ4n) is 9.29. The van der Waals surface area contributed by atoms with Crippen molar-refractivity contribution in [1.82, 2.24) is 9.80 Å². The number of rotatable bonds is 10. The molecule has 4 aliphatic rings. The Kier molecular flexibility index (Phi) is 14.5. The number of aryl methyl sites for hydroxylation is 2. The number of methoxy groups -OCH3 is 2. The zero-order chi connectivity index (χ0) is 37.4. The van der Waals surface area contributed by atoms with Crippen LogP contribution in [0.2, 0.25) is 0 Å². The number of likely N-dealkylation sites (tertiary alicyclic amines) is 2. The summed E-state index contributed by atoms with van der Waals surface area (Å²) in [5.41, 5.74) is 1.91. The molecule has 2 saturated heterocycles. The van der Waals surface area contributed by atoms with Crippen molar-refractivity contribution >= 4 is 11.4 Å². The van der Waals surface area contributed by atoms with Gasteiger partial charge in [0.15, 0.2) is 0 Å². The summed E-state index contributed by atoms with van der Waals surface area (Å²) in [6.45, 7) is 7.72. The first-order valence-corrected chi connectivity index (χ1v) is 19.4. The Morgan fingerprint density at radius 1 is 0.596 bits per heavy atom. The van der Waals surface area contributed by atoms with E-state index < -0.39 is 21.5 Å². The van der Waals surface area contributed by atoms with E-state index >= 15 is 0 Å². The van der Waals surface area contributed by atoms with Crippen molar-refractivity contribution in [3.63, 3.8) is 0 Å². The predicted molar refractivity (Wildman–Crippen MR) is 198 cm³/mol. The maximum Gasteiger partial charge on any atom is 0.307 e. The van der Waals surface area contributed by atoms with E-state index in [9.17, 15) is 29.0 Å². The van der Waals surface area contributed by atoms with E-state index in [2.05, 4.69) is 9.80 Å². The molecule has 52 heavy (non-hydrogen) atoms. The number of nitro benzene ring substituents is 2. The van der Waals surface area contributed by atoms with Crippen LogP contribution in [-0.2, 0) is 22.3 Å². The van der Waals surface area contributed by atoms with Crippen molar-refractivity contribution in [3.05, 3.63) is 78.4 Å². The Morgan fingerprint density at radius 3 is 1.21 bits per heavy atom. The van der Waals surface area contributed by atoms with Gasteiger partial charge in [-0.15, -0.1) is 0 Å². The van der Waals surface area contributed by atoms with Gasteiger partial charge in [-0.1, -0.05) is 0 Å². The van der Waals surface area contributed by atoms with Crippen LogP contribution in [0.1, 0.15) is 99.3 Å². The molecule has 0 atom stereocenters. The molecule has 6 rings (SSSR count). The first kappa shape index (κ1) is 40.1. The molecule has 2 aromatic rings. The van der Waals surface area contributed by atoms with Crippen molar-refractivity contribution in [2.45, 2.75) is 128 Å². The Morgan fingerprint density at radius 2 is 0.923 bits per heavy atom. The zero-order valence-electron chi connectivity index (χ0n) is 31.5. The highest BCUT2D eigenvalue weighted by Crippen LogP contribution is 2.34. The van der Waals surface area contributed by atoms with E-state index in [0.29, 0.717) is 60.1 Å². The van der Waals surface area contributed by atoms with Crippen molar-refractivity contribution in [3.8, 4) is 0 Å². The maximum atomic E-state index is 14.0. The quantitative estimate of drug-likeness (QED) is 0.177. The third-order valence-corrected chi connectivity index (χ3v) is 12.2. The third-order valence-electron chi connectivity index (χ3n) is 12.2. The summed E-state index contributed by atoms with van der Waals surface area (Å²) < 4.78 is 39.0. The molecular weight excluding hydrogens is 670 g/mol. The van der Waals surface area contributed by atoms with Gasteiger partial charge in [0.05, 0.1) is 22.1 Å². The highest BCUT2D eigenvalue weighted by atomic mass is 19.1. The van der Waals surface area contributed by atoms with Crippen molar-refractivity contribution in [1.29, 1.82) is 0 Å². The summed E-state index contributed by atoms with van der Waals surface area (Å²) in [6, 6.07) is 7.35. The summed E-state index contributed by atoms with van der Waals surface area (Å²) in [5, 5.41) is 22.5. The van der Waals surface area contributed by atoms with Gasteiger partial charge in [0, 0.05) is 37.4 Å². The summed E-state index contributed by atoms with van der Waals surface area (Å²) in [6.07, 6.45) is 15.4. The van der Waals surface area contributed by atoms with Gasteiger partial charge in [-0.2, -0.15) is 8.78 Å². The van der Waals surface area contributed by atoms with Crippen LogP contribution in [-0.4, -0.2) is 84.3 Å². The lowest BCUT2D eigenvalue weighted by molar-refractivity contribution is -0.388. The smallest absolute Gasteiger partial charge is 0.307 e. The zero-order valence-corrected chi connectivity index (χ0v) is 31.5. The standard InChI is InChI=1S/2C20H29FN2O3/c2*1-14-11-16(20(23(24)25)19(21)12-14)13-15-7-9-22(10-8-15)17-3-5-18(26-2)6-4-17/h2*11-12,15,17-18H,3-10,13H2,1-2H3. The van der Waals surface area contributed by atoms with E-state index in [-0.39, 0.29) is 11.4 Å². The lowest BCUT2D eigenvalue weighted by Crippen LogP contribution is -2.44. The van der Waals surface area contributed by atoms with Gasteiger partial charge in [-0.3, -0.25) is 20.2 Å². The average molecular weight is 729 g/mol. The van der Waals surface area contributed by atoms with Gasteiger partial charge in [0.1, 0.15) is 0 Å². The molecule has 0 N–H and O–H groups in total. The third kappa shape index (κ3) is 10.5. The van der Waals surface area contributed by atoms with Crippen LogP contribution in [0.15, 0.2) is 24.3 Å². The van der Waals surface area contributed by atoms with Gasteiger partial charge < -0.3 is 19.3 Å². The van der Waals surface area contributed by atoms with Crippen molar-refractivity contribution in [2.24, 2.45) is 11.8 Å². The van der Waals surface area contributed by atoms with Crippen LogP contribution in [0.4, 0.5) is 20.2 Å². The first-order valence-electron chi connectivity index (χ1n) is 19.4. The Labute approximate surface area is 307 Å². The fraction of sp³-hybridized carbons (Fsp3) is 0.700. The molecule has 288 valence electrons. The molecule has 2 heterocycles. The number of hydrogen-bond donors (Lipinski definition) is 0. The Bertz CT molecular complexity index is 1380. The highest BCUT2D eigenvalue weighted by Gasteiger charge is 2.32. The SMILES string of the molecule is COC1CCC(N2CCC(Cc3cc(C)cc(F)c3[N+](=O)[O-])CC2)CC1.COC1CCC(N2CCC(Cc3cc(C)cc(F)c3[N+](=O)[O-])CC2)CC1. The monoisotopic (exact) mass is 728 g/mol. The van der Waals surface area contributed by atoms with E-state index in [4.69, 9.17) is 9.47 Å². The van der Waals surface area contributed by atoms with Crippen LogP contribution >= 0.6 is 0 Å². The number of nitro groups is 2.